The molecule has 0 unspecified atom stereocenters. The first-order valence-corrected chi connectivity index (χ1v) is 37.6. The van der Waals surface area contributed by atoms with E-state index in [9.17, 15) is 0 Å². The Morgan fingerprint density at radius 3 is 1.04 bits per heavy atom. The molecule has 6 aliphatic heterocycles. The highest BCUT2D eigenvalue weighted by molar-refractivity contribution is 7.04. The van der Waals surface area contributed by atoms with Crippen LogP contribution in [-0.4, -0.2) is 33.8 Å². The monoisotopic (exact) mass is 1380 g/mol. The molecule has 506 valence electrons. The van der Waals surface area contributed by atoms with Crippen LogP contribution in [0.4, 0.5) is 45.5 Å². The minimum Gasteiger partial charge on any atom is -0.458 e. The van der Waals surface area contributed by atoms with E-state index in [1.165, 1.54) is 87.5 Å². The molecule has 15 aromatic carbocycles. The van der Waals surface area contributed by atoms with Crippen LogP contribution in [0.3, 0.4) is 0 Å². The summed E-state index contributed by atoms with van der Waals surface area (Å²) in [5.74, 6) is 4.91. The maximum atomic E-state index is 7.79. The molecule has 0 atom stereocenters. The summed E-state index contributed by atoms with van der Waals surface area (Å²) in [5, 5.41) is 11.5. The van der Waals surface area contributed by atoms with Crippen molar-refractivity contribution in [3.05, 3.63) is 312 Å². The summed E-state index contributed by atoms with van der Waals surface area (Å²) >= 11 is 0. The van der Waals surface area contributed by atoms with Gasteiger partial charge in [-0.2, -0.15) is 0 Å². The SMILES string of the molecule is Cc1cc(C)c(N2c3cc4c(cc3B3c5cc6c(cc5N(c5c(C)cc(C)cc5C)c5cc(-n7c8ccccc8c8ccccc87)cc2c53)Oc2cc(-n3c5ccccc5c5ccccc53)cc3c2B6c2ccccc2O3)B2c3ccccc3Oc3cc(-n5c6ccccc6c6ccccc65)cc(c32)N4)c(C)c1. The van der Waals surface area contributed by atoms with Crippen LogP contribution >= 0.6 is 0 Å². The molecule has 12 heteroatoms. The van der Waals surface area contributed by atoms with Gasteiger partial charge in [0.25, 0.3) is 20.1 Å². The number of aryl methyl sites for hydroxylation is 6. The number of benzene rings is 15. The van der Waals surface area contributed by atoms with Gasteiger partial charge in [-0.15, -0.1) is 0 Å². The highest BCUT2D eigenvalue weighted by Gasteiger charge is 2.50. The molecular formula is C96H65B3N6O3. The Hall–Kier alpha value is -13.3. The Morgan fingerprint density at radius 1 is 0.250 bits per heavy atom. The maximum Gasteiger partial charge on any atom is 0.260 e. The molecule has 0 saturated carbocycles. The molecular weight excluding hydrogens is 1320 g/mol. The van der Waals surface area contributed by atoms with E-state index in [0.717, 1.165) is 157 Å². The van der Waals surface area contributed by atoms with Crippen LogP contribution in [-0.2, 0) is 0 Å². The zero-order chi connectivity index (χ0) is 71.4. The first kappa shape index (κ1) is 60.0. The van der Waals surface area contributed by atoms with E-state index in [-0.39, 0.29) is 20.1 Å². The van der Waals surface area contributed by atoms with Crippen molar-refractivity contribution in [3.8, 4) is 51.6 Å². The molecule has 9 nitrogen and oxygen atoms in total. The van der Waals surface area contributed by atoms with E-state index in [0.29, 0.717) is 0 Å². The molecule has 0 aliphatic carbocycles. The largest absolute Gasteiger partial charge is 0.458 e. The number of aromatic nitrogens is 3. The van der Waals surface area contributed by atoms with Crippen molar-refractivity contribution >= 4 is 180 Å². The number of rotatable bonds is 5. The Balaban J connectivity index is 0.814. The van der Waals surface area contributed by atoms with Crippen molar-refractivity contribution in [3.63, 3.8) is 0 Å². The second-order valence-electron chi connectivity index (χ2n) is 30.7. The van der Waals surface area contributed by atoms with Gasteiger partial charge in [0.1, 0.15) is 34.5 Å². The number of ether oxygens (including phenoxy) is 3. The quantitative estimate of drug-likeness (QED) is 0.173. The molecule has 18 aromatic rings. The van der Waals surface area contributed by atoms with E-state index in [2.05, 4.69) is 349 Å². The lowest BCUT2D eigenvalue weighted by Crippen LogP contribution is -2.65. The fourth-order valence-electron chi connectivity index (χ4n) is 20.5. The summed E-state index contributed by atoms with van der Waals surface area (Å²) in [6.07, 6.45) is 0. The molecule has 24 rings (SSSR count). The number of hydrogen-bond acceptors (Lipinski definition) is 6. The van der Waals surface area contributed by atoms with Gasteiger partial charge in [0.2, 0.25) is 0 Å². The minimum absolute atomic E-state index is 0.195. The molecule has 1 N–H and O–H groups in total. The fourth-order valence-corrected chi connectivity index (χ4v) is 20.5. The van der Waals surface area contributed by atoms with E-state index >= 15 is 0 Å². The maximum absolute atomic E-state index is 7.79. The third kappa shape index (κ3) is 8.07. The van der Waals surface area contributed by atoms with Gasteiger partial charge in [-0.25, -0.2) is 0 Å². The average Bonchev–Trinajstić information content (AvgIpc) is 0.824. The van der Waals surface area contributed by atoms with E-state index < -0.39 is 0 Å². The zero-order valence-corrected chi connectivity index (χ0v) is 60.3. The topological polar surface area (TPSA) is 61.0 Å². The summed E-state index contributed by atoms with van der Waals surface area (Å²) in [4.78, 5) is 5.29. The van der Waals surface area contributed by atoms with Gasteiger partial charge >= 0.3 is 0 Å². The smallest absolute Gasteiger partial charge is 0.260 e. The van der Waals surface area contributed by atoms with Crippen LogP contribution in [0.15, 0.2) is 279 Å². The molecule has 0 bridgehead atoms. The second kappa shape index (κ2) is 21.7. The van der Waals surface area contributed by atoms with Crippen molar-refractivity contribution < 1.29 is 14.2 Å². The van der Waals surface area contributed by atoms with Crippen LogP contribution in [0.25, 0.3) is 82.5 Å². The van der Waals surface area contributed by atoms with Crippen molar-refractivity contribution in [1.29, 1.82) is 0 Å². The van der Waals surface area contributed by atoms with Crippen molar-refractivity contribution in [2.75, 3.05) is 15.1 Å². The lowest BCUT2D eigenvalue weighted by Gasteiger charge is -2.47. The molecule has 9 heterocycles. The molecule has 0 fully saturated rings. The lowest BCUT2D eigenvalue weighted by molar-refractivity contribution is 0.464. The van der Waals surface area contributed by atoms with Crippen molar-refractivity contribution in [1.82, 2.24) is 13.7 Å². The zero-order valence-electron chi connectivity index (χ0n) is 60.3. The van der Waals surface area contributed by atoms with Crippen molar-refractivity contribution in [2.24, 2.45) is 0 Å². The highest BCUT2D eigenvalue weighted by Crippen LogP contribution is 2.52. The van der Waals surface area contributed by atoms with Crippen LogP contribution < -0.4 is 78.5 Å². The standard InChI is InChI=1S/C96H65B3N6O3/c1-53-39-55(3)95(56(4)40-53)104-82-51-74-70(97-68-29-13-21-37-86(68)106-89-46-59(43-75(100-74)92(89)97)101-76-31-15-7-23-62(76)63-24-8-16-32-77(63)101)49-71(82)99-72-50-73-88(108-91-48-61(47-90-94(91)98(73)69-30-14-22-38-87(69)107-90)103-80-35-19-11-27-66(80)67-28-12-20-36-81(67)103)52-83(72)105(96-57(5)41-54(2)42-58(96)6)85-45-60(44-84(104)93(85)99)102-78-33-17-9-25-64(78)65-26-10-18-34-79(65)102/h7-52,100H,1-6H3. The fraction of sp³-hybridized carbons (Fsp3) is 0.0625. The van der Waals surface area contributed by atoms with Gasteiger partial charge in [-0.1, -0.05) is 193 Å². The number of nitrogens with zero attached hydrogens (tertiary/aromatic N) is 5. The van der Waals surface area contributed by atoms with Gasteiger partial charge in [-0.3, -0.25) is 0 Å². The number of anilines is 8. The summed E-state index contributed by atoms with van der Waals surface area (Å²) in [5.41, 5.74) is 36.1. The first-order valence-electron chi connectivity index (χ1n) is 37.6. The number of fused-ring (bicyclic) bond motifs is 21. The predicted molar refractivity (Wildman–Crippen MR) is 450 cm³/mol. The highest BCUT2D eigenvalue weighted by atomic mass is 16.5. The van der Waals surface area contributed by atoms with Gasteiger partial charge in [0.15, 0.2) is 0 Å². The Morgan fingerprint density at radius 2 is 0.593 bits per heavy atom. The van der Waals surface area contributed by atoms with E-state index in [1.807, 2.05) is 0 Å². The van der Waals surface area contributed by atoms with Crippen molar-refractivity contribution in [2.45, 2.75) is 41.5 Å². The summed E-state index contributed by atoms with van der Waals surface area (Å²) < 4.78 is 29.6. The third-order valence-corrected chi connectivity index (χ3v) is 24.4. The molecule has 6 aliphatic rings. The molecule has 0 spiro atoms. The number of hydrogen-bond donors (Lipinski definition) is 1. The van der Waals surface area contributed by atoms with Crippen LogP contribution in [0.5, 0.6) is 34.5 Å². The van der Waals surface area contributed by atoms with E-state index in [1.54, 1.807) is 0 Å². The second-order valence-corrected chi connectivity index (χ2v) is 30.7. The Bertz CT molecular complexity index is 6600. The van der Waals surface area contributed by atoms with Gasteiger partial charge in [0, 0.05) is 96.2 Å². The molecule has 108 heavy (non-hydrogen) atoms. The summed E-state index contributed by atoms with van der Waals surface area (Å²) in [6.45, 7) is 12.9. The molecule has 3 aromatic heterocycles. The van der Waals surface area contributed by atoms with Crippen LogP contribution in [0.1, 0.15) is 33.4 Å². The average molecular weight is 1380 g/mol. The third-order valence-electron chi connectivity index (χ3n) is 24.4. The Labute approximate surface area is 624 Å². The predicted octanol–water partition coefficient (Wildman–Crippen LogP) is 18.3. The lowest BCUT2D eigenvalue weighted by atomic mass is 9.29. The van der Waals surface area contributed by atoms with Gasteiger partial charge in [-0.05, 0) is 180 Å². The summed E-state index contributed by atoms with van der Waals surface area (Å²) in [7, 11) is 0. The van der Waals surface area contributed by atoms with E-state index in [4.69, 9.17) is 14.2 Å². The Kier molecular flexibility index (Phi) is 12.0. The molecule has 0 amide bonds. The first-order chi connectivity index (χ1) is 53.0. The molecule has 0 saturated heterocycles. The van der Waals surface area contributed by atoms with Gasteiger partial charge < -0.3 is 43.0 Å². The summed E-state index contributed by atoms with van der Waals surface area (Å²) in [6, 6.07) is 104. The van der Waals surface area contributed by atoms with Crippen LogP contribution in [0.2, 0.25) is 0 Å². The number of para-hydroxylation sites is 8. The van der Waals surface area contributed by atoms with Crippen LogP contribution in [0, 0.1) is 41.5 Å². The van der Waals surface area contributed by atoms with Gasteiger partial charge in [0.05, 0.1) is 61.5 Å². The normalized spacial score (nSPS) is 13.7. The molecule has 0 radical (unpaired) electrons. The number of nitrogens with one attached hydrogen (secondary N) is 1. The minimum atomic E-state index is -0.324.